The van der Waals surface area contributed by atoms with Crippen LogP contribution in [0.15, 0.2) is 17.2 Å². The van der Waals surface area contributed by atoms with Gasteiger partial charge in [-0.3, -0.25) is 4.79 Å². The van der Waals surface area contributed by atoms with E-state index in [1.165, 1.54) is 6.20 Å². The summed E-state index contributed by atoms with van der Waals surface area (Å²) in [4.78, 5) is 17.8. The van der Waals surface area contributed by atoms with Gasteiger partial charge in [0.15, 0.2) is 5.82 Å². The summed E-state index contributed by atoms with van der Waals surface area (Å²) in [5.74, 6) is 0.962. The summed E-state index contributed by atoms with van der Waals surface area (Å²) in [6.07, 6.45) is 6.33. The van der Waals surface area contributed by atoms with Crippen LogP contribution < -0.4 is 10.9 Å². The van der Waals surface area contributed by atoms with Crippen molar-refractivity contribution >= 4 is 17.4 Å². The minimum atomic E-state index is -0.169. The standard InChI is InChI=1S/C10H14ClN3O/c11-8-2-1-7(5-8)6-14-9-10(15)13-4-3-12-9/h3-4,7-8H,1-2,5-6H2,(H,12,14)(H,13,15). The van der Waals surface area contributed by atoms with Crippen LogP contribution in [-0.2, 0) is 0 Å². The summed E-state index contributed by atoms with van der Waals surface area (Å²) >= 11 is 6.01. The molecule has 0 amide bonds. The van der Waals surface area contributed by atoms with Crippen LogP contribution in [-0.4, -0.2) is 21.9 Å². The molecule has 1 fully saturated rings. The third-order valence-electron chi connectivity index (χ3n) is 2.74. The average Bonchev–Trinajstić information content (AvgIpc) is 2.63. The number of aromatic nitrogens is 2. The van der Waals surface area contributed by atoms with Crippen LogP contribution in [0.25, 0.3) is 0 Å². The molecule has 1 heterocycles. The largest absolute Gasteiger partial charge is 0.365 e. The molecular formula is C10H14ClN3O. The maximum absolute atomic E-state index is 11.3. The summed E-state index contributed by atoms with van der Waals surface area (Å²) in [6, 6.07) is 0. The third-order valence-corrected chi connectivity index (χ3v) is 3.14. The first kappa shape index (κ1) is 10.5. The minimum absolute atomic E-state index is 0.169. The van der Waals surface area contributed by atoms with Gasteiger partial charge in [0.1, 0.15) is 0 Å². The van der Waals surface area contributed by atoms with Gasteiger partial charge < -0.3 is 10.3 Å². The Bertz CT molecular complexity index is 379. The number of aromatic amines is 1. The fourth-order valence-corrected chi connectivity index (χ4v) is 2.30. The topological polar surface area (TPSA) is 57.8 Å². The lowest BCUT2D eigenvalue weighted by molar-refractivity contribution is 0.579. The summed E-state index contributed by atoms with van der Waals surface area (Å²) in [6.45, 7) is 0.781. The second kappa shape index (κ2) is 4.66. The molecule has 5 heteroatoms. The zero-order valence-corrected chi connectivity index (χ0v) is 9.13. The molecule has 1 aromatic rings. The quantitative estimate of drug-likeness (QED) is 0.771. The van der Waals surface area contributed by atoms with Gasteiger partial charge in [-0.15, -0.1) is 11.6 Å². The molecule has 1 aliphatic rings. The first-order valence-corrected chi connectivity index (χ1v) is 5.61. The van der Waals surface area contributed by atoms with E-state index in [1.54, 1.807) is 6.20 Å². The Morgan fingerprint density at radius 2 is 2.47 bits per heavy atom. The Labute approximate surface area is 93.1 Å². The van der Waals surface area contributed by atoms with Gasteiger partial charge in [0.25, 0.3) is 5.56 Å². The molecule has 1 aromatic heterocycles. The van der Waals surface area contributed by atoms with E-state index in [1.807, 2.05) is 0 Å². The molecular weight excluding hydrogens is 214 g/mol. The minimum Gasteiger partial charge on any atom is -0.365 e. The van der Waals surface area contributed by atoms with Crippen LogP contribution in [0.1, 0.15) is 19.3 Å². The number of H-pyrrole nitrogens is 1. The van der Waals surface area contributed by atoms with Gasteiger partial charge in [-0.05, 0) is 25.2 Å². The third kappa shape index (κ3) is 2.72. The van der Waals surface area contributed by atoms with Crippen molar-refractivity contribution in [2.24, 2.45) is 5.92 Å². The summed E-state index contributed by atoms with van der Waals surface area (Å²) in [5.41, 5.74) is -0.169. The van der Waals surface area contributed by atoms with E-state index < -0.39 is 0 Å². The number of nitrogens with one attached hydrogen (secondary N) is 2. The van der Waals surface area contributed by atoms with Crippen molar-refractivity contribution in [2.45, 2.75) is 24.6 Å². The highest BCUT2D eigenvalue weighted by molar-refractivity contribution is 6.20. The van der Waals surface area contributed by atoms with E-state index in [9.17, 15) is 4.79 Å². The van der Waals surface area contributed by atoms with Crippen molar-refractivity contribution in [3.05, 3.63) is 22.7 Å². The van der Waals surface area contributed by atoms with Gasteiger partial charge >= 0.3 is 0 Å². The van der Waals surface area contributed by atoms with Gasteiger partial charge in [-0.25, -0.2) is 4.98 Å². The molecule has 0 radical (unpaired) electrons. The van der Waals surface area contributed by atoms with E-state index in [2.05, 4.69) is 15.3 Å². The molecule has 2 unspecified atom stereocenters. The highest BCUT2D eigenvalue weighted by atomic mass is 35.5. The fourth-order valence-electron chi connectivity index (χ4n) is 1.92. The number of anilines is 1. The van der Waals surface area contributed by atoms with Gasteiger partial charge in [0, 0.05) is 24.3 Å². The number of alkyl halides is 1. The first-order valence-electron chi connectivity index (χ1n) is 5.17. The molecule has 0 bridgehead atoms. The molecule has 2 rings (SSSR count). The second-order valence-electron chi connectivity index (χ2n) is 3.92. The maximum atomic E-state index is 11.3. The van der Waals surface area contributed by atoms with Crippen LogP contribution in [0.2, 0.25) is 0 Å². The van der Waals surface area contributed by atoms with E-state index in [0.717, 1.165) is 25.8 Å². The Kier molecular flexibility index (Phi) is 3.26. The number of halogens is 1. The second-order valence-corrected chi connectivity index (χ2v) is 4.54. The molecule has 0 spiro atoms. The molecule has 1 aliphatic carbocycles. The van der Waals surface area contributed by atoms with E-state index in [0.29, 0.717) is 17.1 Å². The average molecular weight is 228 g/mol. The van der Waals surface area contributed by atoms with Crippen molar-refractivity contribution in [2.75, 3.05) is 11.9 Å². The molecule has 15 heavy (non-hydrogen) atoms. The molecule has 2 atom stereocenters. The van der Waals surface area contributed by atoms with Gasteiger partial charge in [0.05, 0.1) is 0 Å². The SMILES string of the molecule is O=c1[nH]ccnc1NCC1CCC(Cl)C1. The predicted molar refractivity (Wildman–Crippen MR) is 60.3 cm³/mol. The van der Waals surface area contributed by atoms with E-state index >= 15 is 0 Å². The van der Waals surface area contributed by atoms with Crippen LogP contribution in [0.3, 0.4) is 0 Å². The number of nitrogens with zero attached hydrogens (tertiary/aromatic N) is 1. The Hall–Kier alpha value is -1.03. The number of hydrogen-bond donors (Lipinski definition) is 2. The Balaban J connectivity index is 1.88. The lowest BCUT2D eigenvalue weighted by atomic mass is 10.1. The van der Waals surface area contributed by atoms with Gasteiger partial charge in [-0.2, -0.15) is 0 Å². The summed E-state index contributed by atoms with van der Waals surface area (Å²) in [7, 11) is 0. The van der Waals surface area contributed by atoms with Crippen molar-refractivity contribution in [3.63, 3.8) is 0 Å². The zero-order chi connectivity index (χ0) is 10.7. The molecule has 0 aromatic carbocycles. The highest BCUT2D eigenvalue weighted by Crippen LogP contribution is 2.29. The van der Waals surface area contributed by atoms with Gasteiger partial charge in [0.2, 0.25) is 0 Å². The van der Waals surface area contributed by atoms with Crippen molar-refractivity contribution in [1.82, 2.24) is 9.97 Å². The smallest absolute Gasteiger partial charge is 0.290 e. The van der Waals surface area contributed by atoms with Crippen LogP contribution in [0, 0.1) is 5.92 Å². The molecule has 2 N–H and O–H groups in total. The van der Waals surface area contributed by atoms with Gasteiger partial charge in [-0.1, -0.05) is 0 Å². The molecule has 0 aliphatic heterocycles. The summed E-state index contributed by atoms with van der Waals surface area (Å²) < 4.78 is 0. The lowest BCUT2D eigenvalue weighted by Crippen LogP contribution is -2.19. The van der Waals surface area contributed by atoms with Crippen molar-refractivity contribution < 1.29 is 0 Å². The fraction of sp³-hybridized carbons (Fsp3) is 0.600. The highest BCUT2D eigenvalue weighted by Gasteiger charge is 2.22. The maximum Gasteiger partial charge on any atom is 0.290 e. The Morgan fingerprint density at radius 1 is 1.60 bits per heavy atom. The number of rotatable bonds is 3. The molecule has 4 nitrogen and oxygen atoms in total. The first-order chi connectivity index (χ1) is 7.25. The summed E-state index contributed by atoms with van der Waals surface area (Å²) in [5, 5.41) is 3.37. The predicted octanol–water partition coefficient (Wildman–Crippen LogP) is 1.59. The normalized spacial score (nSPS) is 25.4. The zero-order valence-electron chi connectivity index (χ0n) is 8.37. The van der Waals surface area contributed by atoms with E-state index in [-0.39, 0.29) is 5.56 Å². The van der Waals surface area contributed by atoms with Crippen LogP contribution in [0.4, 0.5) is 5.82 Å². The van der Waals surface area contributed by atoms with Crippen LogP contribution in [0.5, 0.6) is 0 Å². The van der Waals surface area contributed by atoms with E-state index in [4.69, 9.17) is 11.6 Å². The molecule has 0 saturated heterocycles. The van der Waals surface area contributed by atoms with Crippen molar-refractivity contribution in [1.29, 1.82) is 0 Å². The molecule has 1 saturated carbocycles. The molecule has 82 valence electrons. The lowest BCUT2D eigenvalue weighted by Gasteiger charge is -2.10. The van der Waals surface area contributed by atoms with Crippen LogP contribution >= 0.6 is 11.6 Å². The van der Waals surface area contributed by atoms with Crippen molar-refractivity contribution in [3.8, 4) is 0 Å². The number of hydrogen-bond acceptors (Lipinski definition) is 3. The Morgan fingerprint density at radius 3 is 3.13 bits per heavy atom. The monoisotopic (exact) mass is 227 g/mol.